The Morgan fingerprint density at radius 1 is 0.590 bits per heavy atom. The van der Waals surface area contributed by atoms with Gasteiger partial charge in [-0.2, -0.15) is 0 Å². The number of hydrogen-bond acceptors (Lipinski definition) is 4. The molecule has 4 aromatic rings. The van der Waals surface area contributed by atoms with E-state index in [1.54, 1.807) is 26.0 Å². The van der Waals surface area contributed by atoms with Gasteiger partial charge in [-0.15, -0.1) is 0 Å². The van der Waals surface area contributed by atoms with Crippen LogP contribution >= 0.6 is 0 Å². The third-order valence-corrected chi connectivity index (χ3v) is 7.07. The van der Waals surface area contributed by atoms with Crippen LogP contribution in [0.3, 0.4) is 0 Å². The molecule has 0 aliphatic heterocycles. The van der Waals surface area contributed by atoms with Gasteiger partial charge in [0.1, 0.15) is 11.5 Å². The highest BCUT2D eigenvalue weighted by atomic mass is 16.5. The van der Waals surface area contributed by atoms with Crippen LogP contribution in [0.5, 0.6) is 11.5 Å². The zero-order valence-corrected chi connectivity index (χ0v) is 22.5. The number of fused-ring (bicyclic) bond motifs is 3. The molecule has 0 unspecified atom stereocenters. The number of allylic oxidation sites excluding steroid dienone is 2. The highest BCUT2D eigenvalue weighted by Crippen LogP contribution is 2.56. The number of benzene rings is 4. The van der Waals surface area contributed by atoms with E-state index in [1.807, 2.05) is 48.5 Å². The molecule has 0 aromatic heterocycles. The Morgan fingerprint density at radius 2 is 0.974 bits per heavy atom. The molecule has 0 saturated carbocycles. The lowest BCUT2D eigenvalue weighted by molar-refractivity contribution is -0.129. The Morgan fingerprint density at radius 3 is 1.33 bits per heavy atom. The van der Waals surface area contributed by atoms with E-state index >= 15 is 0 Å². The van der Waals surface area contributed by atoms with Gasteiger partial charge in [0.05, 0.1) is 5.41 Å². The second kappa shape index (κ2) is 10.6. The van der Waals surface area contributed by atoms with Crippen LogP contribution in [0.4, 0.5) is 0 Å². The fourth-order valence-corrected chi connectivity index (χ4v) is 5.46. The molecule has 0 radical (unpaired) electrons. The smallest absolute Gasteiger partial charge is 0.335 e. The summed E-state index contributed by atoms with van der Waals surface area (Å²) in [5.74, 6) is 0.141. The van der Waals surface area contributed by atoms with Crippen LogP contribution in [-0.2, 0) is 15.0 Å². The molecule has 5 rings (SSSR count). The average molecular weight is 515 g/mol. The molecule has 4 heteroatoms. The van der Waals surface area contributed by atoms with Crippen molar-refractivity contribution in [3.63, 3.8) is 0 Å². The van der Waals surface area contributed by atoms with Gasteiger partial charge in [0.25, 0.3) is 0 Å². The van der Waals surface area contributed by atoms with Gasteiger partial charge >= 0.3 is 11.9 Å². The minimum Gasteiger partial charge on any atom is -0.423 e. The molecule has 1 aliphatic rings. The first-order chi connectivity index (χ1) is 18.9. The molecule has 39 heavy (non-hydrogen) atoms. The number of esters is 2. The van der Waals surface area contributed by atoms with E-state index < -0.39 is 17.4 Å². The molecular weight excluding hydrogens is 484 g/mol. The van der Waals surface area contributed by atoms with Crippen molar-refractivity contribution in [3.8, 4) is 22.6 Å². The van der Waals surface area contributed by atoms with Gasteiger partial charge in [-0.05, 0) is 85.3 Å². The third-order valence-electron chi connectivity index (χ3n) is 7.07. The van der Waals surface area contributed by atoms with Crippen LogP contribution in [0, 0.1) is 13.8 Å². The summed E-state index contributed by atoms with van der Waals surface area (Å²) >= 11 is 0. The summed E-state index contributed by atoms with van der Waals surface area (Å²) in [5, 5.41) is 0. The minimum atomic E-state index is -0.625. The molecule has 0 fully saturated rings. The molecule has 194 valence electrons. The Bertz CT molecular complexity index is 1480. The molecule has 4 aromatic carbocycles. The van der Waals surface area contributed by atoms with Crippen molar-refractivity contribution >= 4 is 11.9 Å². The van der Waals surface area contributed by atoms with Crippen LogP contribution < -0.4 is 9.47 Å². The molecular formula is C35H30O4. The second-order valence-electron chi connectivity index (χ2n) is 9.74. The summed E-state index contributed by atoms with van der Waals surface area (Å²) in [6.07, 6.45) is 6.11. The van der Waals surface area contributed by atoms with Crippen molar-refractivity contribution in [3.05, 3.63) is 143 Å². The molecule has 0 N–H and O–H groups in total. The van der Waals surface area contributed by atoms with E-state index in [9.17, 15) is 9.59 Å². The highest BCUT2D eigenvalue weighted by molar-refractivity contribution is 5.87. The first kappa shape index (κ1) is 25.9. The normalized spacial score (nSPS) is 13.3. The zero-order valence-electron chi connectivity index (χ0n) is 22.5. The van der Waals surface area contributed by atoms with Crippen molar-refractivity contribution < 1.29 is 19.1 Å². The van der Waals surface area contributed by atoms with Crippen LogP contribution in [-0.4, -0.2) is 11.9 Å². The molecule has 4 nitrogen and oxygen atoms in total. The predicted octanol–water partition coefficient (Wildman–Crippen LogP) is 7.63. The number of ether oxygens (including phenoxy) is 2. The summed E-state index contributed by atoms with van der Waals surface area (Å²) in [4.78, 5) is 24.1. The maximum Gasteiger partial charge on any atom is 0.335 e. The van der Waals surface area contributed by atoms with Gasteiger partial charge < -0.3 is 9.47 Å². The van der Waals surface area contributed by atoms with Crippen LogP contribution in [0.2, 0.25) is 0 Å². The van der Waals surface area contributed by atoms with E-state index in [-0.39, 0.29) is 0 Å². The lowest BCUT2D eigenvalue weighted by Gasteiger charge is -2.34. The van der Waals surface area contributed by atoms with E-state index in [1.165, 1.54) is 34.4 Å². The zero-order chi connectivity index (χ0) is 27.6. The Hall–Kier alpha value is -4.70. The topological polar surface area (TPSA) is 52.6 Å². The van der Waals surface area contributed by atoms with Crippen molar-refractivity contribution in [2.45, 2.75) is 33.1 Å². The number of rotatable bonds is 6. The number of carbonyl (C=O) groups is 2. The van der Waals surface area contributed by atoms with Crippen LogP contribution in [0.1, 0.15) is 47.2 Å². The highest BCUT2D eigenvalue weighted by Gasteiger charge is 2.46. The fraction of sp³-hybridized carbons (Fsp3) is 0.143. The molecule has 0 amide bonds. The van der Waals surface area contributed by atoms with Gasteiger partial charge in [0.15, 0.2) is 0 Å². The van der Waals surface area contributed by atoms with Gasteiger partial charge in [-0.25, -0.2) is 9.59 Å². The Labute approximate surface area is 229 Å². The molecule has 1 aliphatic carbocycles. The largest absolute Gasteiger partial charge is 0.423 e. The SMILES string of the molecule is C/C=C/C(=O)Oc1ccc(C2(c3ccc(OC(=O)/C=C/C)cc3)c3cc(C)ccc3-c3ccc(C)cc32)cc1. The van der Waals surface area contributed by atoms with Gasteiger partial charge in [0.2, 0.25) is 0 Å². The van der Waals surface area contributed by atoms with Crippen molar-refractivity contribution in [2.24, 2.45) is 0 Å². The van der Waals surface area contributed by atoms with Crippen molar-refractivity contribution in [1.82, 2.24) is 0 Å². The standard InChI is InChI=1S/C35H30O4/c1-5-7-33(36)38-27-15-11-25(12-16-27)35(26-13-17-28(18-14-26)39-34(37)8-6-2)31-21-23(3)9-19-29(31)30-20-10-24(4)22-32(30)35/h5-22H,1-4H3/b7-5+,8-6+. The number of hydrogen-bond donors (Lipinski definition) is 0. The Kier molecular flexibility index (Phi) is 7.03. The average Bonchev–Trinajstić information content (AvgIpc) is 3.19. The minimum absolute atomic E-state index is 0.411. The first-order valence-electron chi connectivity index (χ1n) is 13.0. The Balaban J connectivity index is 1.73. The van der Waals surface area contributed by atoms with Gasteiger partial charge in [0, 0.05) is 12.2 Å². The van der Waals surface area contributed by atoms with Crippen molar-refractivity contribution in [1.29, 1.82) is 0 Å². The second-order valence-corrected chi connectivity index (χ2v) is 9.74. The quantitative estimate of drug-likeness (QED) is 0.133. The monoisotopic (exact) mass is 514 g/mol. The lowest BCUT2D eigenvalue weighted by atomic mass is 9.67. The van der Waals surface area contributed by atoms with E-state index in [4.69, 9.17) is 9.47 Å². The van der Waals surface area contributed by atoms with Crippen LogP contribution in [0.25, 0.3) is 11.1 Å². The van der Waals surface area contributed by atoms with E-state index in [0.717, 1.165) is 22.3 Å². The maximum atomic E-state index is 12.0. The molecule has 0 spiro atoms. The first-order valence-corrected chi connectivity index (χ1v) is 13.0. The number of aryl methyl sites for hydroxylation is 2. The van der Waals surface area contributed by atoms with E-state index in [2.05, 4.69) is 50.2 Å². The molecule has 0 heterocycles. The van der Waals surface area contributed by atoms with E-state index in [0.29, 0.717) is 11.5 Å². The summed E-state index contributed by atoms with van der Waals surface area (Å²) in [6, 6.07) is 28.7. The summed E-state index contributed by atoms with van der Waals surface area (Å²) in [7, 11) is 0. The lowest BCUT2D eigenvalue weighted by Crippen LogP contribution is -2.28. The number of carbonyl (C=O) groups excluding carboxylic acids is 2. The molecule has 0 atom stereocenters. The van der Waals surface area contributed by atoms with Crippen LogP contribution in [0.15, 0.2) is 109 Å². The van der Waals surface area contributed by atoms with Gasteiger partial charge in [-0.1, -0.05) is 83.9 Å². The van der Waals surface area contributed by atoms with Gasteiger partial charge in [-0.3, -0.25) is 0 Å². The maximum absolute atomic E-state index is 12.0. The summed E-state index contributed by atoms with van der Waals surface area (Å²) < 4.78 is 11.0. The molecule has 0 bridgehead atoms. The predicted molar refractivity (Wildman–Crippen MR) is 154 cm³/mol. The third kappa shape index (κ3) is 4.70. The molecule has 0 saturated heterocycles. The fourth-order valence-electron chi connectivity index (χ4n) is 5.46. The van der Waals surface area contributed by atoms with Crippen molar-refractivity contribution in [2.75, 3.05) is 0 Å². The summed E-state index contributed by atoms with van der Waals surface area (Å²) in [6.45, 7) is 7.76. The summed E-state index contributed by atoms with van der Waals surface area (Å²) in [5.41, 5.74) is 8.52.